The minimum Gasteiger partial charge on any atom is -0.481 e. The van der Waals surface area contributed by atoms with E-state index >= 15 is 0 Å². The summed E-state index contributed by atoms with van der Waals surface area (Å²) >= 11 is 0. The number of aryl methyl sites for hydroxylation is 1. The number of carbonyl (C=O) groups excluding carboxylic acids is 1. The Morgan fingerprint density at radius 2 is 2.25 bits per heavy atom. The van der Waals surface area contributed by atoms with Crippen LogP contribution in [0.3, 0.4) is 0 Å². The molecule has 5 rings (SSSR count). The van der Waals surface area contributed by atoms with Crippen LogP contribution in [0.2, 0.25) is 0 Å². The molecule has 1 aliphatic carbocycles. The summed E-state index contributed by atoms with van der Waals surface area (Å²) in [4.78, 5) is 17.3. The molecule has 0 saturated heterocycles. The lowest BCUT2D eigenvalue weighted by atomic mass is 9.76. The van der Waals surface area contributed by atoms with Crippen LogP contribution in [0.4, 0.5) is 10.5 Å². The summed E-state index contributed by atoms with van der Waals surface area (Å²) < 4.78 is 29.2. The number of carbonyl (C=O) groups is 1. The number of methoxy groups -OCH3 is 1. The first-order valence-corrected chi connectivity index (χ1v) is 11.6. The number of urea groups is 1. The number of aromatic nitrogens is 3. The Kier molecular flexibility index (Phi) is 5.30. The first kappa shape index (κ1) is 20.5. The molecule has 2 amide bonds. The standard InChI is InChI=1S/C22H23N5O4S/c1-13-10-15-4-5-16(14-6-7-23-18(11-14)30-2)20(19(13)15)25-22(28)26-32(29)17-12-24-27-8-3-9-31-21(17)27/h4-7,11-13,32H,3,8-10H2,1-2H3,(H,25,28)/t13-/m1/s1. The van der Waals surface area contributed by atoms with Crippen molar-refractivity contribution in [1.29, 1.82) is 0 Å². The van der Waals surface area contributed by atoms with Crippen molar-refractivity contribution in [2.45, 2.75) is 37.1 Å². The van der Waals surface area contributed by atoms with E-state index in [9.17, 15) is 9.00 Å². The summed E-state index contributed by atoms with van der Waals surface area (Å²) in [6, 6.07) is 7.04. The molecule has 2 aliphatic rings. The molecule has 1 aromatic carbocycles. The number of benzene rings is 1. The van der Waals surface area contributed by atoms with E-state index in [0.717, 1.165) is 29.5 Å². The number of anilines is 1. The second kappa shape index (κ2) is 8.27. The maximum absolute atomic E-state index is 12.8. The molecule has 1 N–H and O–H groups in total. The molecule has 10 heteroatoms. The van der Waals surface area contributed by atoms with Crippen molar-refractivity contribution < 1.29 is 18.5 Å². The highest BCUT2D eigenvalue weighted by Gasteiger charge is 2.28. The van der Waals surface area contributed by atoms with Crippen molar-refractivity contribution in [1.82, 2.24) is 14.8 Å². The number of ether oxygens (including phenoxy) is 2. The molecule has 0 radical (unpaired) electrons. The third kappa shape index (κ3) is 3.60. The number of nitrogens with zero attached hydrogens (tertiary/aromatic N) is 4. The first-order chi connectivity index (χ1) is 15.5. The average molecular weight is 454 g/mol. The molecule has 3 aromatic rings. The maximum Gasteiger partial charge on any atom is 0.353 e. The number of thiol groups is 1. The Balaban J connectivity index is 1.49. The van der Waals surface area contributed by atoms with Crippen molar-refractivity contribution in [2.24, 2.45) is 4.36 Å². The molecule has 2 aromatic heterocycles. The SMILES string of the molecule is COc1cc(-c2ccc3c(c2NC(=O)N=[SH](=O)c2cnn4c2OCCC4)[C@H](C)C3)ccn1. The zero-order valence-corrected chi connectivity index (χ0v) is 18.6. The van der Waals surface area contributed by atoms with Crippen LogP contribution in [-0.4, -0.2) is 38.7 Å². The Bertz CT molecular complexity index is 1300. The number of hydrogen-bond acceptors (Lipinski definition) is 6. The van der Waals surface area contributed by atoms with Gasteiger partial charge in [0.1, 0.15) is 4.90 Å². The van der Waals surface area contributed by atoms with Gasteiger partial charge in [-0.05, 0) is 35.1 Å². The summed E-state index contributed by atoms with van der Waals surface area (Å²) in [5, 5.41) is 7.07. The van der Waals surface area contributed by atoms with Crippen LogP contribution < -0.4 is 14.8 Å². The minimum atomic E-state index is -2.35. The van der Waals surface area contributed by atoms with Gasteiger partial charge in [0.15, 0.2) is 0 Å². The number of pyridine rings is 1. The first-order valence-electron chi connectivity index (χ1n) is 10.4. The smallest absolute Gasteiger partial charge is 0.353 e. The van der Waals surface area contributed by atoms with Gasteiger partial charge in [0, 0.05) is 30.8 Å². The number of fused-ring (bicyclic) bond motifs is 2. The van der Waals surface area contributed by atoms with Gasteiger partial charge in [0.05, 0.1) is 36.2 Å². The van der Waals surface area contributed by atoms with E-state index in [1.807, 2.05) is 18.2 Å². The summed E-state index contributed by atoms with van der Waals surface area (Å²) in [5.74, 6) is 1.21. The highest BCUT2D eigenvalue weighted by molar-refractivity contribution is 7.75. The quantitative estimate of drug-likeness (QED) is 0.584. The molecular weight excluding hydrogens is 430 g/mol. The van der Waals surface area contributed by atoms with E-state index in [1.54, 1.807) is 18.0 Å². The lowest BCUT2D eigenvalue weighted by Crippen LogP contribution is -2.20. The molecule has 0 spiro atoms. The van der Waals surface area contributed by atoms with E-state index < -0.39 is 16.6 Å². The zero-order valence-electron chi connectivity index (χ0n) is 17.7. The van der Waals surface area contributed by atoms with Gasteiger partial charge in [-0.25, -0.2) is 18.7 Å². The van der Waals surface area contributed by atoms with Gasteiger partial charge in [-0.15, -0.1) is 4.36 Å². The molecule has 9 nitrogen and oxygen atoms in total. The van der Waals surface area contributed by atoms with E-state index in [-0.39, 0.29) is 0 Å². The third-order valence-electron chi connectivity index (χ3n) is 5.76. The van der Waals surface area contributed by atoms with Crippen molar-refractivity contribution in [3.63, 3.8) is 0 Å². The average Bonchev–Trinajstić information content (AvgIpc) is 3.22. The van der Waals surface area contributed by atoms with Gasteiger partial charge in [-0.2, -0.15) is 5.10 Å². The molecular formula is C22H23N5O4S. The summed E-state index contributed by atoms with van der Waals surface area (Å²) in [6.07, 6.45) is 4.90. The molecule has 0 bridgehead atoms. The van der Waals surface area contributed by atoms with Gasteiger partial charge in [0.2, 0.25) is 11.8 Å². The van der Waals surface area contributed by atoms with E-state index in [2.05, 4.69) is 32.8 Å². The van der Waals surface area contributed by atoms with Crippen LogP contribution in [0.15, 0.2) is 45.9 Å². The highest BCUT2D eigenvalue weighted by Crippen LogP contribution is 2.45. The fourth-order valence-corrected chi connectivity index (χ4v) is 5.04. The molecule has 32 heavy (non-hydrogen) atoms. The van der Waals surface area contributed by atoms with Gasteiger partial charge < -0.3 is 14.8 Å². The lowest BCUT2D eigenvalue weighted by Gasteiger charge is -2.31. The van der Waals surface area contributed by atoms with Gasteiger partial charge in [-0.3, -0.25) is 0 Å². The fourth-order valence-electron chi connectivity index (χ4n) is 4.22. The maximum atomic E-state index is 12.8. The summed E-state index contributed by atoms with van der Waals surface area (Å²) in [5.41, 5.74) is 4.63. The summed E-state index contributed by atoms with van der Waals surface area (Å²) in [7, 11) is -0.788. The van der Waals surface area contributed by atoms with Crippen molar-refractivity contribution in [3.8, 4) is 22.9 Å². The second-order valence-corrected chi connectivity index (χ2v) is 9.04. The number of rotatable bonds is 4. The highest BCUT2D eigenvalue weighted by atomic mass is 32.2. The van der Waals surface area contributed by atoms with Crippen LogP contribution >= 0.6 is 0 Å². The molecule has 0 saturated carbocycles. The Morgan fingerprint density at radius 3 is 3.06 bits per heavy atom. The lowest BCUT2D eigenvalue weighted by molar-refractivity contribution is 0.225. The van der Waals surface area contributed by atoms with Crippen molar-refractivity contribution >= 4 is 22.3 Å². The Morgan fingerprint density at radius 1 is 1.38 bits per heavy atom. The van der Waals surface area contributed by atoms with Crippen LogP contribution in [0.1, 0.15) is 30.4 Å². The predicted octanol–water partition coefficient (Wildman–Crippen LogP) is 3.65. The van der Waals surface area contributed by atoms with Gasteiger partial charge in [-0.1, -0.05) is 19.1 Å². The largest absolute Gasteiger partial charge is 0.481 e. The monoisotopic (exact) mass is 453 g/mol. The fraction of sp³-hybridized carbons (Fsp3) is 0.318. The van der Waals surface area contributed by atoms with E-state index in [4.69, 9.17) is 9.47 Å². The van der Waals surface area contributed by atoms with Crippen LogP contribution in [0.25, 0.3) is 11.1 Å². The molecule has 166 valence electrons. The molecule has 1 aliphatic heterocycles. The molecule has 2 atom stereocenters. The number of nitrogens with one attached hydrogen (secondary N) is 1. The van der Waals surface area contributed by atoms with Crippen LogP contribution in [0, 0.1) is 0 Å². The molecule has 3 heterocycles. The molecule has 0 fully saturated rings. The second-order valence-electron chi connectivity index (χ2n) is 7.82. The van der Waals surface area contributed by atoms with Crippen molar-refractivity contribution in [3.05, 3.63) is 47.8 Å². The van der Waals surface area contributed by atoms with Gasteiger partial charge in [0.25, 0.3) is 0 Å². The van der Waals surface area contributed by atoms with Crippen molar-refractivity contribution in [2.75, 3.05) is 19.0 Å². The zero-order chi connectivity index (χ0) is 22.2. The predicted molar refractivity (Wildman–Crippen MR) is 120 cm³/mol. The third-order valence-corrected chi connectivity index (χ3v) is 6.84. The van der Waals surface area contributed by atoms with Gasteiger partial charge >= 0.3 is 6.03 Å². The van der Waals surface area contributed by atoms with Crippen LogP contribution in [-0.2, 0) is 23.6 Å². The normalized spacial score (nSPS) is 17.5. The van der Waals surface area contributed by atoms with Crippen LogP contribution in [0.5, 0.6) is 11.8 Å². The minimum absolute atomic E-state index is 0.300. The Hall–Kier alpha value is -3.40. The topological polar surface area (TPSA) is 108 Å². The van der Waals surface area contributed by atoms with E-state index in [1.165, 1.54) is 11.8 Å². The Labute approximate surface area is 187 Å². The number of hydrogen-bond donors (Lipinski definition) is 2. The number of amides is 2. The molecule has 1 unspecified atom stereocenters. The summed E-state index contributed by atoms with van der Waals surface area (Å²) in [6.45, 7) is 3.33. The van der Waals surface area contributed by atoms with E-state index in [0.29, 0.717) is 41.4 Å².